The van der Waals surface area contributed by atoms with E-state index in [1.807, 2.05) is 6.92 Å². The van der Waals surface area contributed by atoms with Gasteiger partial charge in [-0.2, -0.15) is 5.10 Å². The fourth-order valence-electron chi connectivity index (χ4n) is 3.80. The molecule has 4 rings (SSSR count). The number of carboxylic acid groups (broad SMARTS) is 1. The second-order valence-corrected chi connectivity index (χ2v) is 7.52. The van der Waals surface area contributed by atoms with Gasteiger partial charge in [-0.3, -0.25) is 4.79 Å². The van der Waals surface area contributed by atoms with Gasteiger partial charge in [0.05, 0.1) is 12.2 Å². The van der Waals surface area contributed by atoms with Crippen LogP contribution in [0, 0.1) is 5.82 Å². The first-order valence-electron chi connectivity index (χ1n) is 9.95. The highest BCUT2D eigenvalue weighted by molar-refractivity contribution is 5.67. The summed E-state index contributed by atoms with van der Waals surface area (Å²) in [6.07, 6.45) is 5.07. The lowest BCUT2D eigenvalue weighted by molar-refractivity contribution is -0.136. The Labute approximate surface area is 172 Å². The number of ether oxygens (including phenoxy) is 1. The van der Waals surface area contributed by atoms with Crippen molar-refractivity contribution in [1.82, 2.24) is 14.6 Å². The molecule has 4 N–H and O–H groups in total. The molecule has 30 heavy (non-hydrogen) atoms. The maximum Gasteiger partial charge on any atom is 0.303 e. The molecule has 2 aromatic heterocycles. The van der Waals surface area contributed by atoms with E-state index in [-0.39, 0.29) is 24.4 Å². The predicted octanol–water partition coefficient (Wildman–Crippen LogP) is 2.71. The van der Waals surface area contributed by atoms with Gasteiger partial charge in [0.2, 0.25) is 0 Å². The van der Waals surface area contributed by atoms with Gasteiger partial charge in [-0.15, -0.1) is 0 Å². The minimum Gasteiger partial charge on any atom is -0.489 e. The molecule has 2 atom stereocenters. The van der Waals surface area contributed by atoms with Crippen LogP contribution in [-0.2, 0) is 17.6 Å². The third-order valence-electron chi connectivity index (χ3n) is 5.26. The summed E-state index contributed by atoms with van der Waals surface area (Å²) < 4.78 is 21.9. The SMILES string of the molecule is C[C@@H](Nc1ccn2ncc(CCC(=O)O)c2n1)c1cc(F)cc2c1OC(CCN)C2. The van der Waals surface area contributed by atoms with Crippen LogP contribution in [0.4, 0.5) is 10.2 Å². The molecular weight excluding hydrogens is 389 g/mol. The number of carbonyl (C=O) groups is 1. The molecular formula is C21H24FN5O3. The summed E-state index contributed by atoms with van der Waals surface area (Å²) in [7, 11) is 0. The summed E-state index contributed by atoms with van der Waals surface area (Å²) >= 11 is 0. The number of halogens is 1. The van der Waals surface area contributed by atoms with Crippen LogP contribution in [-0.4, -0.2) is 38.3 Å². The fraction of sp³-hybridized carbons (Fsp3) is 0.381. The Morgan fingerprint density at radius 2 is 2.33 bits per heavy atom. The Balaban J connectivity index is 1.57. The molecule has 0 amide bonds. The van der Waals surface area contributed by atoms with Gasteiger partial charge in [0.1, 0.15) is 23.5 Å². The quantitative estimate of drug-likeness (QED) is 0.520. The lowest BCUT2D eigenvalue weighted by atomic mass is 10.0. The van der Waals surface area contributed by atoms with Crippen LogP contribution in [0.25, 0.3) is 5.65 Å². The smallest absolute Gasteiger partial charge is 0.303 e. The first kappa shape index (κ1) is 20.1. The van der Waals surface area contributed by atoms with Gasteiger partial charge in [-0.05, 0) is 44.5 Å². The Kier molecular flexibility index (Phi) is 5.54. The molecule has 3 heterocycles. The summed E-state index contributed by atoms with van der Waals surface area (Å²) in [4.78, 5) is 15.5. The van der Waals surface area contributed by atoms with E-state index in [0.717, 1.165) is 23.1 Å². The molecule has 0 aliphatic carbocycles. The number of aryl methyl sites for hydroxylation is 1. The predicted molar refractivity (Wildman–Crippen MR) is 109 cm³/mol. The molecule has 0 fully saturated rings. The van der Waals surface area contributed by atoms with Gasteiger partial charge < -0.3 is 20.9 Å². The van der Waals surface area contributed by atoms with Crippen molar-refractivity contribution in [2.75, 3.05) is 11.9 Å². The maximum atomic E-state index is 14.2. The summed E-state index contributed by atoms with van der Waals surface area (Å²) in [5.41, 5.74) is 8.58. The van der Waals surface area contributed by atoms with E-state index in [9.17, 15) is 9.18 Å². The zero-order valence-corrected chi connectivity index (χ0v) is 16.6. The average molecular weight is 413 g/mol. The number of nitrogens with two attached hydrogens (primary N) is 1. The number of nitrogens with zero attached hydrogens (tertiary/aromatic N) is 3. The van der Waals surface area contributed by atoms with Crippen molar-refractivity contribution in [3.63, 3.8) is 0 Å². The van der Waals surface area contributed by atoms with Crippen LogP contribution in [0.15, 0.2) is 30.6 Å². The van der Waals surface area contributed by atoms with Crippen LogP contribution in [0.2, 0.25) is 0 Å². The highest BCUT2D eigenvalue weighted by Gasteiger charge is 2.28. The van der Waals surface area contributed by atoms with Crippen LogP contribution in [0.1, 0.15) is 42.5 Å². The largest absolute Gasteiger partial charge is 0.489 e. The number of aromatic nitrogens is 3. The molecule has 0 spiro atoms. The van der Waals surface area contributed by atoms with Crippen molar-refractivity contribution >= 4 is 17.4 Å². The Morgan fingerprint density at radius 1 is 1.50 bits per heavy atom. The molecule has 1 aliphatic heterocycles. The van der Waals surface area contributed by atoms with Crippen LogP contribution in [0.5, 0.6) is 5.75 Å². The maximum absolute atomic E-state index is 14.2. The molecule has 0 saturated carbocycles. The fourth-order valence-corrected chi connectivity index (χ4v) is 3.80. The lowest BCUT2D eigenvalue weighted by Crippen LogP contribution is -2.18. The van der Waals surface area contributed by atoms with Crippen molar-refractivity contribution in [2.24, 2.45) is 5.73 Å². The molecule has 3 aromatic rings. The van der Waals surface area contributed by atoms with Gasteiger partial charge in [0.25, 0.3) is 0 Å². The van der Waals surface area contributed by atoms with Crippen molar-refractivity contribution in [2.45, 2.75) is 44.8 Å². The highest BCUT2D eigenvalue weighted by atomic mass is 19.1. The number of benzene rings is 1. The van der Waals surface area contributed by atoms with E-state index in [0.29, 0.717) is 36.6 Å². The second kappa shape index (κ2) is 8.27. The van der Waals surface area contributed by atoms with Crippen molar-refractivity contribution in [1.29, 1.82) is 0 Å². The van der Waals surface area contributed by atoms with Gasteiger partial charge in [-0.25, -0.2) is 13.9 Å². The molecule has 1 unspecified atom stereocenters. The molecule has 0 saturated heterocycles. The van der Waals surface area contributed by atoms with Gasteiger partial charge in [0.15, 0.2) is 5.65 Å². The number of hydrogen-bond acceptors (Lipinski definition) is 6. The van der Waals surface area contributed by atoms with Gasteiger partial charge >= 0.3 is 5.97 Å². The molecule has 1 aliphatic rings. The number of carboxylic acids is 1. The molecule has 8 nitrogen and oxygen atoms in total. The van der Waals surface area contributed by atoms with E-state index >= 15 is 0 Å². The van der Waals surface area contributed by atoms with Crippen molar-refractivity contribution in [3.8, 4) is 5.75 Å². The number of hydrogen-bond donors (Lipinski definition) is 3. The zero-order valence-electron chi connectivity index (χ0n) is 16.6. The Hall–Kier alpha value is -3.20. The molecule has 9 heteroatoms. The standard InChI is InChI=1S/C21H24FN5O3/c1-12(17-10-15(22)8-14-9-16(4-6-23)30-20(14)17)25-18-5-7-27-21(26-18)13(11-24-27)2-3-19(28)29/h5,7-8,10-12,16H,2-4,6,9,23H2,1H3,(H,25,26)(H,28,29)/t12-,16?/m1/s1. The first-order valence-corrected chi connectivity index (χ1v) is 9.95. The van der Waals surface area contributed by atoms with E-state index < -0.39 is 5.97 Å². The van der Waals surface area contributed by atoms with E-state index in [2.05, 4.69) is 15.4 Å². The van der Waals surface area contributed by atoms with Crippen molar-refractivity contribution in [3.05, 3.63) is 53.1 Å². The third kappa shape index (κ3) is 4.06. The second-order valence-electron chi connectivity index (χ2n) is 7.52. The monoisotopic (exact) mass is 413 g/mol. The molecule has 158 valence electrons. The molecule has 0 radical (unpaired) electrons. The summed E-state index contributed by atoms with van der Waals surface area (Å²) in [5.74, 6) is 0.124. The van der Waals surface area contributed by atoms with E-state index in [1.54, 1.807) is 23.0 Å². The summed E-state index contributed by atoms with van der Waals surface area (Å²) in [6.45, 7) is 2.44. The summed E-state index contributed by atoms with van der Waals surface area (Å²) in [6, 6.07) is 4.52. The minimum absolute atomic E-state index is 0.00776. The van der Waals surface area contributed by atoms with E-state index in [1.165, 1.54) is 12.1 Å². The normalized spacial score (nSPS) is 16.3. The number of nitrogens with one attached hydrogen (secondary N) is 1. The van der Waals surface area contributed by atoms with E-state index in [4.69, 9.17) is 15.6 Å². The minimum atomic E-state index is -0.870. The topological polar surface area (TPSA) is 115 Å². The van der Waals surface area contributed by atoms with Crippen LogP contribution < -0.4 is 15.8 Å². The molecule has 1 aromatic carbocycles. The van der Waals surface area contributed by atoms with Gasteiger partial charge in [0, 0.05) is 35.7 Å². The lowest BCUT2D eigenvalue weighted by Gasteiger charge is -2.19. The number of fused-ring (bicyclic) bond motifs is 2. The third-order valence-corrected chi connectivity index (χ3v) is 5.26. The number of anilines is 1. The summed E-state index contributed by atoms with van der Waals surface area (Å²) in [5, 5.41) is 16.4. The number of rotatable bonds is 8. The first-order chi connectivity index (χ1) is 14.4. The Bertz CT molecular complexity index is 1080. The molecule has 0 bridgehead atoms. The Morgan fingerprint density at radius 3 is 3.10 bits per heavy atom. The highest BCUT2D eigenvalue weighted by Crippen LogP contribution is 2.38. The zero-order chi connectivity index (χ0) is 21.3. The average Bonchev–Trinajstić information content (AvgIpc) is 3.29. The van der Waals surface area contributed by atoms with Crippen LogP contribution in [0.3, 0.4) is 0 Å². The van der Waals surface area contributed by atoms with Gasteiger partial charge in [-0.1, -0.05) is 0 Å². The van der Waals surface area contributed by atoms with Crippen LogP contribution >= 0.6 is 0 Å². The number of aliphatic carboxylic acids is 1. The van der Waals surface area contributed by atoms with Crippen molar-refractivity contribution < 1.29 is 19.0 Å².